The molecule has 0 amide bonds. The van der Waals surface area contributed by atoms with Crippen LogP contribution in [0.2, 0.25) is 0 Å². The van der Waals surface area contributed by atoms with E-state index in [2.05, 4.69) is 48.9 Å². The van der Waals surface area contributed by atoms with E-state index in [0.29, 0.717) is 6.54 Å². The van der Waals surface area contributed by atoms with Gasteiger partial charge in [-0.1, -0.05) is 37.6 Å². The number of para-hydroxylation sites is 2. The van der Waals surface area contributed by atoms with Crippen LogP contribution in [0.3, 0.4) is 0 Å². The lowest BCUT2D eigenvalue weighted by atomic mass is 9.98. The molecule has 1 atom stereocenters. The Balaban J connectivity index is 1.79. The topological polar surface area (TPSA) is 53.1 Å². The van der Waals surface area contributed by atoms with Crippen molar-refractivity contribution in [3.63, 3.8) is 0 Å². The number of benzene rings is 2. The van der Waals surface area contributed by atoms with Crippen molar-refractivity contribution in [3.05, 3.63) is 59.9 Å². The number of hydrogen-bond acceptors (Lipinski definition) is 3. The molecule has 0 fully saturated rings. The Morgan fingerprint density at radius 1 is 1.16 bits per heavy atom. The number of fused-ring (bicyclic) bond motifs is 1. The minimum Gasteiger partial charge on any atom is -0.494 e. The minimum atomic E-state index is 0.184. The second-order valence-corrected chi connectivity index (χ2v) is 6.50. The molecule has 0 spiro atoms. The number of nitrogens with two attached hydrogens (primary N) is 1. The zero-order valence-electron chi connectivity index (χ0n) is 15.1. The first kappa shape index (κ1) is 17.5. The van der Waals surface area contributed by atoms with Gasteiger partial charge in [-0.25, -0.2) is 4.98 Å². The van der Waals surface area contributed by atoms with E-state index in [1.54, 1.807) is 0 Å². The van der Waals surface area contributed by atoms with Crippen LogP contribution in [0.25, 0.3) is 11.0 Å². The van der Waals surface area contributed by atoms with E-state index in [9.17, 15) is 0 Å². The van der Waals surface area contributed by atoms with Crippen LogP contribution in [-0.2, 0) is 13.5 Å². The summed E-state index contributed by atoms with van der Waals surface area (Å²) in [5.74, 6) is 2.16. The molecule has 0 saturated carbocycles. The summed E-state index contributed by atoms with van der Waals surface area (Å²) in [6.07, 6.45) is 3.08. The van der Waals surface area contributed by atoms with Crippen molar-refractivity contribution in [3.8, 4) is 5.75 Å². The van der Waals surface area contributed by atoms with Gasteiger partial charge in [0.25, 0.3) is 0 Å². The Morgan fingerprint density at radius 2 is 2.00 bits per heavy atom. The Bertz CT molecular complexity index is 825. The second-order valence-electron chi connectivity index (χ2n) is 6.50. The standard InChI is InChI=1S/C21H27N3O/c1-3-4-12-25-18-9-7-8-16(14-18)13-17(15-22)21-23-19-10-5-6-11-20(19)24(21)2/h5-11,14,17H,3-4,12-13,15,22H2,1-2H3. The number of hydrogen-bond donors (Lipinski definition) is 1. The van der Waals surface area contributed by atoms with Crippen LogP contribution in [-0.4, -0.2) is 22.7 Å². The summed E-state index contributed by atoms with van der Waals surface area (Å²) in [6.45, 7) is 3.51. The van der Waals surface area contributed by atoms with Gasteiger partial charge >= 0.3 is 0 Å². The van der Waals surface area contributed by atoms with E-state index in [-0.39, 0.29) is 5.92 Å². The summed E-state index contributed by atoms with van der Waals surface area (Å²) in [5.41, 5.74) is 9.50. The lowest BCUT2D eigenvalue weighted by Crippen LogP contribution is -2.18. The van der Waals surface area contributed by atoms with Gasteiger partial charge in [0.15, 0.2) is 0 Å². The number of rotatable bonds is 8. The minimum absolute atomic E-state index is 0.184. The van der Waals surface area contributed by atoms with Gasteiger partial charge in [-0.3, -0.25) is 0 Å². The average Bonchev–Trinajstić information content (AvgIpc) is 2.97. The average molecular weight is 337 g/mol. The molecule has 0 saturated heterocycles. The smallest absolute Gasteiger partial charge is 0.119 e. The monoisotopic (exact) mass is 337 g/mol. The van der Waals surface area contributed by atoms with Crippen LogP contribution in [0.1, 0.15) is 37.1 Å². The first-order chi connectivity index (χ1) is 12.2. The fourth-order valence-electron chi connectivity index (χ4n) is 3.19. The third-order valence-corrected chi connectivity index (χ3v) is 4.62. The largest absolute Gasteiger partial charge is 0.494 e. The molecule has 3 aromatic rings. The van der Waals surface area contributed by atoms with Crippen LogP contribution in [0.15, 0.2) is 48.5 Å². The molecular weight excluding hydrogens is 310 g/mol. The van der Waals surface area contributed by atoms with Crippen molar-refractivity contribution < 1.29 is 4.74 Å². The van der Waals surface area contributed by atoms with Crippen LogP contribution in [0.4, 0.5) is 0 Å². The van der Waals surface area contributed by atoms with E-state index in [0.717, 1.165) is 48.5 Å². The van der Waals surface area contributed by atoms with Crippen LogP contribution < -0.4 is 10.5 Å². The first-order valence-electron chi connectivity index (χ1n) is 9.06. The third-order valence-electron chi connectivity index (χ3n) is 4.62. The van der Waals surface area contributed by atoms with Crippen LogP contribution in [0.5, 0.6) is 5.75 Å². The van der Waals surface area contributed by atoms with Gasteiger partial charge in [-0.15, -0.1) is 0 Å². The molecular formula is C21H27N3O. The maximum absolute atomic E-state index is 6.10. The molecule has 3 rings (SSSR count). The van der Waals surface area contributed by atoms with Crippen molar-refractivity contribution in [2.24, 2.45) is 12.8 Å². The molecule has 1 unspecified atom stereocenters. The highest BCUT2D eigenvalue weighted by atomic mass is 16.5. The maximum atomic E-state index is 6.10. The number of unbranched alkanes of at least 4 members (excludes halogenated alkanes) is 1. The lowest BCUT2D eigenvalue weighted by molar-refractivity contribution is 0.309. The van der Waals surface area contributed by atoms with E-state index in [1.807, 2.05) is 18.2 Å². The fourth-order valence-corrected chi connectivity index (χ4v) is 3.19. The predicted molar refractivity (Wildman–Crippen MR) is 103 cm³/mol. The van der Waals surface area contributed by atoms with Gasteiger partial charge in [0.05, 0.1) is 17.6 Å². The van der Waals surface area contributed by atoms with Gasteiger partial charge in [0, 0.05) is 19.5 Å². The highest BCUT2D eigenvalue weighted by molar-refractivity contribution is 5.75. The Kier molecular flexibility index (Phi) is 5.71. The molecule has 2 N–H and O–H groups in total. The van der Waals surface area contributed by atoms with Crippen molar-refractivity contribution >= 4 is 11.0 Å². The summed E-state index contributed by atoms with van der Waals surface area (Å²) < 4.78 is 7.99. The number of aromatic nitrogens is 2. The van der Waals surface area contributed by atoms with Gasteiger partial charge in [0.2, 0.25) is 0 Å². The zero-order chi connectivity index (χ0) is 17.6. The Hall–Kier alpha value is -2.33. The summed E-state index contributed by atoms with van der Waals surface area (Å²) >= 11 is 0. The fraction of sp³-hybridized carbons (Fsp3) is 0.381. The van der Waals surface area contributed by atoms with Crippen molar-refractivity contribution in [2.75, 3.05) is 13.2 Å². The summed E-state index contributed by atoms with van der Waals surface area (Å²) in [4.78, 5) is 4.81. The van der Waals surface area contributed by atoms with Gasteiger partial charge in [-0.05, 0) is 42.7 Å². The van der Waals surface area contributed by atoms with E-state index in [1.165, 1.54) is 5.56 Å². The van der Waals surface area contributed by atoms with Gasteiger partial charge in [0.1, 0.15) is 11.6 Å². The van der Waals surface area contributed by atoms with E-state index >= 15 is 0 Å². The third kappa shape index (κ3) is 4.02. The number of ether oxygens (including phenoxy) is 1. The highest BCUT2D eigenvalue weighted by Crippen LogP contribution is 2.25. The molecule has 25 heavy (non-hydrogen) atoms. The molecule has 1 heterocycles. The summed E-state index contributed by atoms with van der Waals surface area (Å²) in [7, 11) is 2.07. The van der Waals surface area contributed by atoms with Crippen molar-refractivity contribution in [1.29, 1.82) is 0 Å². The molecule has 0 aliphatic rings. The quantitative estimate of drug-likeness (QED) is 0.631. The van der Waals surface area contributed by atoms with Crippen LogP contribution >= 0.6 is 0 Å². The molecule has 0 bridgehead atoms. The number of nitrogens with zero attached hydrogens (tertiary/aromatic N) is 2. The molecule has 2 aromatic carbocycles. The second kappa shape index (κ2) is 8.17. The molecule has 4 heteroatoms. The number of aryl methyl sites for hydroxylation is 1. The Morgan fingerprint density at radius 3 is 2.76 bits per heavy atom. The zero-order valence-corrected chi connectivity index (χ0v) is 15.1. The van der Waals surface area contributed by atoms with Gasteiger partial charge in [-0.2, -0.15) is 0 Å². The summed E-state index contributed by atoms with van der Waals surface area (Å²) in [5, 5.41) is 0. The highest BCUT2D eigenvalue weighted by Gasteiger charge is 2.18. The molecule has 1 aromatic heterocycles. The SMILES string of the molecule is CCCCOc1cccc(CC(CN)c2nc3ccccc3n2C)c1. The van der Waals surface area contributed by atoms with Crippen molar-refractivity contribution in [2.45, 2.75) is 32.1 Å². The molecule has 0 radical (unpaired) electrons. The van der Waals surface area contributed by atoms with Crippen LogP contribution in [0, 0.1) is 0 Å². The molecule has 132 valence electrons. The summed E-state index contributed by atoms with van der Waals surface area (Å²) in [6, 6.07) is 16.6. The first-order valence-corrected chi connectivity index (χ1v) is 9.06. The molecule has 0 aliphatic heterocycles. The normalized spacial score (nSPS) is 12.4. The lowest BCUT2D eigenvalue weighted by Gasteiger charge is -2.15. The molecule has 0 aliphatic carbocycles. The Labute approximate surface area is 149 Å². The molecule has 4 nitrogen and oxygen atoms in total. The predicted octanol–water partition coefficient (Wildman–Crippen LogP) is 4.04. The maximum Gasteiger partial charge on any atom is 0.119 e. The van der Waals surface area contributed by atoms with E-state index < -0.39 is 0 Å². The van der Waals surface area contributed by atoms with E-state index in [4.69, 9.17) is 15.5 Å². The van der Waals surface area contributed by atoms with Gasteiger partial charge < -0.3 is 15.0 Å². The van der Waals surface area contributed by atoms with Crippen molar-refractivity contribution in [1.82, 2.24) is 9.55 Å². The number of imidazole rings is 1.